The molecule has 0 saturated carbocycles. The third kappa shape index (κ3) is 8.27. The van der Waals surface area contributed by atoms with Gasteiger partial charge in [0.1, 0.15) is 18.3 Å². The molecule has 0 fully saturated rings. The van der Waals surface area contributed by atoms with Crippen molar-refractivity contribution < 1.29 is 34.4 Å². The van der Waals surface area contributed by atoms with Crippen LogP contribution in [0.1, 0.15) is 101 Å². The summed E-state index contributed by atoms with van der Waals surface area (Å²) in [5.74, 6) is -0.900. The molecular weight excluding hydrogens is 496 g/mol. The molecule has 7 heteroatoms. The molecule has 2 bridgehead atoms. The van der Waals surface area contributed by atoms with Crippen LogP contribution in [0, 0.1) is 23.7 Å². The standard InChI is InChI=1S/C32H52O7/c1-10-24-27-16-28(34)38-26(13-12-18(3)17-32(9,39-27)31(24)37)23(8)30(36)21(6)15-19(4)14-20(5)29(35)22(7)25(33)11-2/h12,14,20-23,25-26,29-30,33,35-36H,10-11,13,15-17H2,1-9H3/b18-12-,19-14-/t20-,21-,22+,23-,25-,26-,29+,30+,32-/m0/s1. The van der Waals surface area contributed by atoms with Gasteiger partial charge in [0.2, 0.25) is 5.78 Å². The van der Waals surface area contributed by atoms with Crippen LogP contribution in [0.3, 0.4) is 0 Å². The summed E-state index contributed by atoms with van der Waals surface area (Å²) in [4.78, 5) is 25.9. The van der Waals surface area contributed by atoms with E-state index in [1.807, 2.05) is 67.5 Å². The van der Waals surface area contributed by atoms with Gasteiger partial charge in [0.25, 0.3) is 0 Å². The minimum absolute atomic E-state index is 0.0588. The molecule has 0 aromatic rings. The van der Waals surface area contributed by atoms with Gasteiger partial charge in [-0.25, -0.2) is 0 Å². The highest BCUT2D eigenvalue weighted by Crippen LogP contribution is 2.39. The highest BCUT2D eigenvalue weighted by molar-refractivity contribution is 6.04. The van der Waals surface area contributed by atoms with Crippen LogP contribution in [0.5, 0.6) is 0 Å². The van der Waals surface area contributed by atoms with E-state index in [0.717, 1.165) is 11.1 Å². The molecular formula is C32H52O7. The molecule has 0 aromatic carbocycles. The monoisotopic (exact) mass is 548 g/mol. The molecule has 0 aromatic heterocycles. The van der Waals surface area contributed by atoms with Crippen molar-refractivity contribution in [2.75, 3.05) is 0 Å². The lowest BCUT2D eigenvalue weighted by molar-refractivity contribution is -0.154. The maximum Gasteiger partial charge on any atom is 0.313 e. The number of carbonyl (C=O) groups is 2. The number of rotatable bonds is 11. The minimum Gasteiger partial charge on any atom is -0.482 e. The second kappa shape index (κ2) is 14.1. The van der Waals surface area contributed by atoms with Crippen LogP contribution in [0.15, 0.2) is 34.6 Å². The number of Topliss-reactive ketones (excluding diaryl/α,β-unsaturated/α-hetero) is 1. The topological polar surface area (TPSA) is 113 Å². The van der Waals surface area contributed by atoms with Crippen LogP contribution in [0.4, 0.5) is 0 Å². The number of ether oxygens (including phenoxy) is 2. The van der Waals surface area contributed by atoms with Crippen molar-refractivity contribution in [2.24, 2.45) is 23.7 Å². The van der Waals surface area contributed by atoms with Gasteiger partial charge in [-0.1, -0.05) is 64.8 Å². The highest BCUT2D eigenvalue weighted by atomic mass is 16.6. The predicted molar refractivity (Wildman–Crippen MR) is 153 cm³/mol. The van der Waals surface area contributed by atoms with Crippen LogP contribution in [0.2, 0.25) is 0 Å². The number of carbonyl (C=O) groups excluding carboxylic acids is 2. The van der Waals surface area contributed by atoms with E-state index in [1.54, 1.807) is 6.92 Å². The van der Waals surface area contributed by atoms with Gasteiger partial charge in [-0.05, 0) is 46.0 Å². The zero-order chi connectivity index (χ0) is 29.7. The third-order valence-electron chi connectivity index (χ3n) is 8.70. The van der Waals surface area contributed by atoms with Crippen molar-refractivity contribution in [1.82, 2.24) is 0 Å². The van der Waals surface area contributed by atoms with E-state index >= 15 is 0 Å². The second-order valence-corrected chi connectivity index (χ2v) is 12.3. The highest BCUT2D eigenvalue weighted by Gasteiger charge is 2.45. The molecule has 2 rings (SSSR count). The summed E-state index contributed by atoms with van der Waals surface area (Å²) in [6.07, 6.45) is 4.08. The van der Waals surface area contributed by atoms with Gasteiger partial charge >= 0.3 is 5.97 Å². The summed E-state index contributed by atoms with van der Waals surface area (Å²) in [6, 6.07) is 0. The van der Waals surface area contributed by atoms with Crippen molar-refractivity contribution >= 4 is 11.8 Å². The van der Waals surface area contributed by atoms with Crippen LogP contribution in [0.25, 0.3) is 0 Å². The van der Waals surface area contributed by atoms with Crippen molar-refractivity contribution in [1.29, 1.82) is 0 Å². The lowest BCUT2D eigenvalue weighted by Crippen LogP contribution is -2.37. The zero-order valence-electron chi connectivity index (χ0n) is 25.5. The maximum atomic E-state index is 13.0. The molecule has 9 atom stereocenters. The number of esters is 1. The maximum absolute atomic E-state index is 13.0. The first-order valence-corrected chi connectivity index (χ1v) is 14.7. The summed E-state index contributed by atoms with van der Waals surface area (Å²) in [5, 5.41) is 32.0. The van der Waals surface area contributed by atoms with E-state index in [-0.39, 0.29) is 35.9 Å². The first-order valence-electron chi connectivity index (χ1n) is 14.7. The lowest BCUT2D eigenvalue weighted by Gasteiger charge is -2.31. The lowest BCUT2D eigenvalue weighted by atomic mass is 9.83. The molecule has 2 heterocycles. The summed E-state index contributed by atoms with van der Waals surface area (Å²) in [6.45, 7) is 17.2. The Morgan fingerprint density at radius 1 is 1.13 bits per heavy atom. The molecule has 0 spiro atoms. The van der Waals surface area contributed by atoms with Crippen LogP contribution in [-0.4, -0.2) is 57.1 Å². The number of allylic oxidation sites excluding steroid dienone is 1. The number of fused-ring (bicyclic) bond motifs is 2. The smallest absolute Gasteiger partial charge is 0.313 e. The average Bonchev–Trinajstić information content (AvgIpc) is 3.09. The minimum atomic E-state index is -0.998. The fraction of sp³-hybridized carbons (Fsp3) is 0.750. The number of hydrogen-bond acceptors (Lipinski definition) is 7. The largest absolute Gasteiger partial charge is 0.482 e. The van der Waals surface area contributed by atoms with E-state index in [9.17, 15) is 24.9 Å². The van der Waals surface area contributed by atoms with E-state index in [2.05, 4.69) is 0 Å². The van der Waals surface area contributed by atoms with E-state index in [0.29, 0.717) is 43.4 Å². The first kappa shape index (κ1) is 33.2. The first-order chi connectivity index (χ1) is 18.1. The summed E-state index contributed by atoms with van der Waals surface area (Å²) in [5.41, 5.74) is 1.59. The van der Waals surface area contributed by atoms with Crippen molar-refractivity contribution in [3.8, 4) is 0 Å². The number of aliphatic hydroxyl groups is 3. The molecule has 2 aliphatic heterocycles. The Labute approximate surface area is 235 Å². The normalized spacial score (nSPS) is 29.7. The summed E-state index contributed by atoms with van der Waals surface area (Å²) < 4.78 is 11.9. The third-order valence-corrected chi connectivity index (χ3v) is 8.70. The Morgan fingerprint density at radius 3 is 2.36 bits per heavy atom. The van der Waals surface area contributed by atoms with Gasteiger partial charge in [0.15, 0.2) is 5.60 Å². The summed E-state index contributed by atoms with van der Waals surface area (Å²) in [7, 11) is 0. The fourth-order valence-electron chi connectivity index (χ4n) is 6.14. The molecule has 0 saturated heterocycles. The van der Waals surface area contributed by atoms with Crippen LogP contribution in [-0.2, 0) is 19.1 Å². The number of cyclic esters (lactones) is 1. The van der Waals surface area contributed by atoms with Crippen molar-refractivity contribution in [3.05, 3.63) is 34.6 Å². The van der Waals surface area contributed by atoms with Gasteiger partial charge in [-0.3, -0.25) is 9.59 Å². The molecule has 0 unspecified atom stereocenters. The molecule has 2 aliphatic rings. The van der Waals surface area contributed by atoms with E-state index in [4.69, 9.17) is 9.47 Å². The number of aliphatic hydroxyl groups excluding tert-OH is 3. The Bertz CT molecular complexity index is 964. The Morgan fingerprint density at radius 2 is 1.77 bits per heavy atom. The zero-order valence-corrected chi connectivity index (χ0v) is 25.5. The fourth-order valence-corrected chi connectivity index (χ4v) is 6.14. The SMILES string of the molecule is CCC1=C2CC(=O)O[C@H]([C@H](C)[C@H](O)[C@@H](C)C/C(C)=C\[C@H](C)[C@@H](O)[C@H](C)[C@@H](O)CC)C/C=C(/C)C[C@](C)(O2)C1=O. The molecule has 7 nitrogen and oxygen atoms in total. The van der Waals surface area contributed by atoms with Crippen LogP contribution >= 0.6 is 0 Å². The average molecular weight is 549 g/mol. The molecule has 39 heavy (non-hydrogen) atoms. The van der Waals surface area contributed by atoms with Gasteiger partial charge in [-0.15, -0.1) is 0 Å². The Kier molecular flexibility index (Phi) is 12.0. The van der Waals surface area contributed by atoms with Crippen molar-refractivity contribution in [2.45, 2.75) is 131 Å². The van der Waals surface area contributed by atoms with Gasteiger partial charge in [0.05, 0.1) is 18.3 Å². The summed E-state index contributed by atoms with van der Waals surface area (Å²) >= 11 is 0. The molecule has 0 radical (unpaired) electrons. The predicted octanol–water partition coefficient (Wildman–Crippen LogP) is 5.42. The Hall–Kier alpha value is -1.96. The number of hydrogen-bond donors (Lipinski definition) is 3. The van der Waals surface area contributed by atoms with Gasteiger partial charge in [-0.2, -0.15) is 0 Å². The molecule has 3 N–H and O–H groups in total. The molecule has 0 amide bonds. The molecule has 222 valence electrons. The van der Waals surface area contributed by atoms with Crippen molar-refractivity contribution in [3.63, 3.8) is 0 Å². The molecule has 0 aliphatic carbocycles. The second-order valence-electron chi connectivity index (χ2n) is 12.3. The quantitative estimate of drug-likeness (QED) is 0.233. The van der Waals surface area contributed by atoms with E-state index < -0.39 is 36.0 Å². The van der Waals surface area contributed by atoms with Gasteiger partial charge < -0.3 is 24.8 Å². The van der Waals surface area contributed by atoms with Crippen LogP contribution < -0.4 is 0 Å². The van der Waals surface area contributed by atoms with Gasteiger partial charge in [0, 0.05) is 36.2 Å². The van der Waals surface area contributed by atoms with E-state index in [1.165, 1.54) is 0 Å². The Balaban J connectivity index is 2.14. The number of ketones is 1.